The number of nitrogens with one attached hydrogen (secondary N) is 1. The molecule has 0 spiro atoms. The van der Waals surface area contributed by atoms with Gasteiger partial charge in [0.1, 0.15) is 5.75 Å². The molecule has 0 bridgehead atoms. The minimum Gasteiger partial charge on any atom is -0.492 e. The quantitative estimate of drug-likeness (QED) is 0.709. The van der Waals surface area contributed by atoms with E-state index in [1.165, 1.54) is 18.4 Å². The minimum atomic E-state index is 0.705. The lowest BCUT2D eigenvalue weighted by Crippen LogP contribution is -2.11. The van der Waals surface area contributed by atoms with E-state index in [0.29, 0.717) is 5.02 Å². The maximum absolute atomic E-state index is 6.17. The molecule has 1 rings (SSSR count). The molecule has 1 aromatic carbocycles. The average Bonchev–Trinajstić information content (AvgIpc) is 2.34. The second-order valence-electron chi connectivity index (χ2n) is 4.10. The molecular weight excluding hydrogens is 234 g/mol. The van der Waals surface area contributed by atoms with Gasteiger partial charge in [0, 0.05) is 6.54 Å². The molecule has 0 aliphatic carbocycles. The van der Waals surface area contributed by atoms with Crippen LogP contribution in [0.2, 0.25) is 5.02 Å². The van der Waals surface area contributed by atoms with Crippen LogP contribution in [0.3, 0.4) is 0 Å². The third kappa shape index (κ3) is 5.42. The van der Waals surface area contributed by atoms with E-state index < -0.39 is 0 Å². The SMILES string of the molecule is CCCCCOc1ccc(CNCC)cc1Cl. The Balaban J connectivity index is 2.45. The van der Waals surface area contributed by atoms with E-state index >= 15 is 0 Å². The third-order valence-electron chi connectivity index (χ3n) is 2.58. The fourth-order valence-electron chi connectivity index (χ4n) is 1.57. The Labute approximate surface area is 109 Å². The molecule has 0 unspecified atom stereocenters. The van der Waals surface area contributed by atoms with Gasteiger partial charge in [0.25, 0.3) is 0 Å². The van der Waals surface area contributed by atoms with Crippen LogP contribution in [0.5, 0.6) is 5.75 Å². The monoisotopic (exact) mass is 255 g/mol. The van der Waals surface area contributed by atoms with Gasteiger partial charge in [-0.2, -0.15) is 0 Å². The zero-order valence-electron chi connectivity index (χ0n) is 10.8. The molecule has 0 atom stereocenters. The first-order chi connectivity index (χ1) is 8.27. The highest BCUT2D eigenvalue weighted by Gasteiger charge is 2.02. The predicted molar refractivity (Wildman–Crippen MR) is 73.9 cm³/mol. The van der Waals surface area contributed by atoms with Crippen molar-refractivity contribution in [2.45, 2.75) is 39.7 Å². The molecule has 17 heavy (non-hydrogen) atoms. The standard InChI is InChI=1S/C14H22ClNO/c1-3-5-6-9-17-14-8-7-12(10-13(14)15)11-16-4-2/h7-8,10,16H,3-6,9,11H2,1-2H3. The molecule has 3 heteroatoms. The van der Waals surface area contributed by atoms with Gasteiger partial charge in [-0.3, -0.25) is 0 Å². The highest BCUT2D eigenvalue weighted by molar-refractivity contribution is 6.32. The molecule has 1 aromatic rings. The topological polar surface area (TPSA) is 21.3 Å². The smallest absolute Gasteiger partial charge is 0.137 e. The van der Waals surface area contributed by atoms with Gasteiger partial charge in [-0.15, -0.1) is 0 Å². The lowest BCUT2D eigenvalue weighted by Gasteiger charge is -2.09. The minimum absolute atomic E-state index is 0.705. The van der Waals surface area contributed by atoms with Crippen molar-refractivity contribution in [1.82, 2.24) is 5.32 Å². The molecule has 0 saturated carbocycles. The lowest BCUT2D eigenvalue weighted by molar-refractivity contribution is 0.306. The maximum atomic E-state index is 6.17. The summed E-state index contributed by atoms with van der Waals surface area (Å²) in [6, 6.07) is 5.99. The van der Waals surface area contributed by atoms with Gasteiger partial charge in [0.05, 0.1) is 11.6 Å². The Hall–Kier alpha value is -0.730. The van der Waals surface area contributed by atoms with Crippen LogP contribution >= 0.6 is 11.6 Å². The summed E-state index contributed by atoms with van der Waals surface area (Å²) in [5.41, 5.74) is 1.19. The number of halogens is 1. The van der Waals surface area contributed by atoms with Crippen molar-refractivity contribution in [1.29, 1.82) is 0 Å². The third-order valence-corrected chi connectivity index (χ3v) is 2.88. The fourth-order valence-corrected chi connectivity index (χ4v) is 1.83. The Morgan fingerprint density at radius 2 is 2.06 bits per heavy atom. The average molecular weight is 256 g/mol. The summed E-state index contributed by atoms with van der Waals surface area (Å²) in [4.78, 5) is 0. The van der Waals surface area contributed by atoms with Crippen LogP contribution in [0, 0.1) is 0 Å². The van der Waals surface area contributed by atoms with E-state index in [4.69, 9.17) is 16.3 Å². The maximum Gasteiger partial charge on any atom is 0.137 e. The summed E-state index contributed by atoms with van der Waals surface area (Å²) in [5.74, 6) is 0.794. The van der Waals surface area contributed by atoms with Crippen molar-refractivity contribution in [3.63, 3.8) is 0 Å². The molecule has 0 aromatic heterocycles. The van der Waals surface area contributed by atoms with E-state index in [9.17, 15) is 0 Å². The zero-order valence-corrected chi connectivity index (χ0v) is 11.5. The van der Waals surface area contributed by atoms with Crippen LogP contribution in [-0.4, -0.2) is 13.2 Å². The Morgan fingerprint density at radius 1 is 1.24 bits per heavy atom. The van der Waals surface area contributed by atoms with Crippen LogP contribution in [0.4, 0.5) is 0 Å². The fraction of sp³-hybridized carbons (Fsp3) is 0.571. The van der Waals surface area contributed by atoms with Gasteiger partial charge < -0.3 is 10.1 Å². The Morgan fingerprint density at radius 3 is 2.71 bits per heavy atom. The van der Waals surface area contributed by atoms with Crippen molar-refractivity contribution in [3.8, 4) is 5.75 Å². The number of rotatable bonds is 8. The Kier molecular flexibility index (Phi) is 7.06. The van der Waals surface area contributed by atoms with E-state index in [1.807, 2.05) is 12.1 Å². The second kappa shape index (κ2) is 8.37. The molecule has 1 N–H and O–H groups in total. The summed E-state index contributed by atoms with van der Waals surface area (Å²) in [6.07, 6.45) is 3.50. The van der Waals surface area contributed by atoms with Crippen molar-refractivity contribution < 1.29 is 4.74 Å². The van der Waals surface area contributed by atoms with Gasteiger partial charge in [-0.1, -0.05) is 44.4 Å². The zero-order chi connectivity index (χ0) is 12.5. The molecule has 0 heterocycles. The molecule has 2 nitrogen and oxygen atoms in total. The van der Waals surface area contributed by atoms with Crippen LogP contribution < -0.4 is 10.1 Å². The number of hydrogen-bond acceptors (Lipinski definition) is 2. The highest BCUT2D eigenvalue weighted by atomic mass is 35.5. The molecule has 0 aliphatic heterocycles. The Bertz CT molecular complexity index is 328. The van der Waals surface area contributed by atoms with E-state index in [1.54, 1.807) is 0 Å². The van der Waals surface area contributed by atoms with Gasteiger partial charge in [-0.05, 0) is 30.7 Å². The van der Waals surface area contributed by atoms with Crippen molar-refractivity contribution >= 4 is 11.6 Å². The van der Waals surface area contributed by atoms with E-state index in [2.05, 4.69) is 25.2 Å². The summed E-state index contributed by atoms with van der Waals surface area (Å²) in [5, 5.41) is 3.98. The summed E-state index contributed by atoms with van der Waals surface area (Å²) in [6.45, 7) is 6.84. The first-order valence-electron chi connectivity index (χ1n) is 6.39. The first kappa shape index (κ1) is 14.3. The largest absolute Gasteiger partial charge is 0.492 e. The summed E-state index contributed by atoms with van der Waals surface area (Å²) in [7, 11) is 0. The summed E-state index contributed by atoms with van der Waals surface area (Å²) < 4.78 is 5.65. The van der Waals surface area contributed by atoms with Gasteiger partial charge in [0.2, 0.25) is 0 Å². The molecule has 0 aliphatic rings. The van der Waals surface area contributed by atoms with Crippen molar-refractivity contribution in [3.05, 3.63) is 28.8 Å². The predicted octanol–water partition coefficient (Wildman–Crippen LogP) is 4.02. The molecule has 0 amide bonds. The molecule has 0 radical (unpaired) electrons. The van der Waals surface area contributed by atoms with Crippen LogP contribution in [-0.2, 0) is 6.54 Å². The lowest BCUT2D eigenvalue weighted by atomic mass is 10.2. The number of hydrogen-bond donors (Lipinski definition) is 1. The first-order valence-corrected chi connectivity index (χ1v) is 6.77. The van der Waals surface area contributed by atoms with Crippen LogP contribution in [0.25, 0.3) is 0 Å². The summed E-state index contributed by atoms with van der Waals surface area (Å²) >= 11 is 6.17. The van der Waals surface area contributed by atoms with Gasteiger partial charge in [0.15, 0.2) is 0 Å². The molecule has 0 saturated heterocycles. The number of unbranched alkanes of at least 4 members (excludes halogenated alkanes) is 2. The van der Waals surface area contributed by atoms with Crippen LogP contribution in [0.1, 0.15) is 38.7 Å². The highest BCUT2D eigenvalue weighted by Crippen LogP contribution is 2.25. The van der Waals surface area contributed by atoms with E-state index in [0.717, 1.165) is 31.9 Å². The molecular formula is C14H22ClNO. The number of benzene rings is 1. The second-order valence-corrected chi connectivity index (χ2v) is 4.51. The van der Waals surface area contributed by atoms with Crippen LogP contribution in [0.15, 0.2) is 18.2 Å². The van der Waals surface area contributed by atoms with Crippen molar-refractivity contribution in [2.75, 3.05) is 13.2 Å². The van der Waals surface area contributed by atoms with E-state index in [-0.39, 0.29) is 0 Å². The number of ether oxygens (including phenoxy) is 1. The van der Waals surface area contributed by atoms with Gasteiger partial charge in [-0.25, -0.2) is 0 Å². The van der Waals surface area contributed by atoms with Crippen molar-refractivity contribution in [2.24, 2.45) is 0 Å². The normalized spacial score (nSPS) is 10.5. The van der Waals surface area contributed by atoms with Gasteiger partial charge >= 0.3 is 0 Å². The molecule has 0 fully saturated rings. The molecule has 96 valence electrons.